The summed E-state index contributed by atoms with van der Waals surface area (Å²) in [5.41, 5.74) is 0. The Labute approximate surface area is 69.7 Å². The minimum Gasteiger partial charge on any atom is -0.129 e. The van der Waals surface area contributed by atoms with Crippen LogP contribution in [0.15, 0.2) is 0 Å². The topological polar surface area (TPSA) is 0 Å². The number of hydrogen-bond donors (Lipinski definition) is 0. The maximum Gasteiger partial charge on any atom is 0.128 e. The first kappa shape index (κ1) is 8.45. The third kappa shape index (κ3) is 2.96. The molecule has 0 nitrogen and oxygen atoms in total. The van der Waals surface area contributed by atoms with Crippen molar-refractivity contribution in [2.24, 2.45) is 0 Å². The van der Waals surface area contributed by atoms with Crippen molar-refractivity contribution in [3.63, 3.8) is 0 Å². The van der Waals surface area contributed by atoms with E-state index in [1.807, 2.05) is 0 Å². The normalized spacial score (nSPS) is 26.9. The van der Waals surface area contributed by atoms with E-state index in [0.717, 1.165) is 0 Å². The van der Waals surface area contributed by atoms with Crippen molar-refractivity contribution in [2.75, 3.05) is 0 Å². The van der Waals surface area contributed by atoms with E-state index in [2.05, 4.69) is 7.85 Å². The zero-order valence-electron chi connectivity index (χ0n) is 6.83. The summed E-state index contributed by atoms with van der Waals surface area (Å²) in [7, 11) is 2.18. The number of rotatable bonds is 0. The summed E-state index contributed by atoms with van der Waals surface area (Å²) in [5.74, 6) is 0. The summed E-state index contributed by atoms with van der Waals surface area (Å²) in [6.07, 6.45) is 9.31. The molecule has 0 N–H and O–H groups in total. The van der Waals surface area contributed by atoms with E-state index in [4.69, 9.17) is 11.6 Å². The molecule has 0 amide bonds. The average Bonchev–Trinajstić information content (AvgIpc) is 1.81. The fourth-order valence-electron chi connectivity index (χ4n) is 1.64. The minimum absolute atomic E-state index is 0.125. The highest BCUT2D eigenvalue weighted by Gasteiger charge is 2.20. The minimum atomic E-state index is 0.125. The standard InChI is InChI=1S/C8H16BCl/c9-8(10)6-4-2-1-3-5-7-8/h1-7,9H2. The van der Waals surface area contributed by atoms with Gasteiger partial charge in [0.1, 0.15) is 7.85 Å². The molecule has 0 radical (unpaired) electrons. The van der Waals surface area contributed by atoms with Gasteiger partial charge in [-0.3, -0.25) is 0 Å². The molecule has 1 fully saturated rings. The van der Waals surface area contributed by atoms with Crippen LogP contribution in [0.1, 0.15) is 44.9 Å². The van der Waals surface area contributed by atoms with Crippen LogP contribution in [0.2, 0.25) is 0 Å². The zero-order chi connectivity index (χ0) is 7.45. The van der Waals surface area contributed by atoms with Crippen LogP contribution in [0.3, 0.4) is 0 Å². The Morgan fingerprint density at radius 2 is 1.30 bits per heavy atom. The Kier molecular flexibility index (Phi) is 3.09. The third-order valence-corrected chi connectivity index (χ3v) is 2.77. The van der Waals surface area contributed by atoms with Gasteiger partial charge in [-0.15, -0.1) is 11.6 Å². The first-order chi connectivity index (χ1) is 4.71. The van der Waals surface area contributed by atoms with Gasteiger partial charge in [0.15, 0.2) is 0 Å². The molecule has 0 aromatic heterocycles. The molecule has 10 heavy (non-hydrogen) atoms. The molecule has 0 atom stereocenters. The van der Waals surface area contributed by atoms with Crippen LogP contribution < -0.4 is 0 Å². The van der Waals surface area contributed by atoms with Gasteiger partial charge in [0, 0.05) is 4.77 Å². The fraction of sp³-hybridized carbons (Fsp3) is 1.00. The highest BCUT2D eigenvalue weighted by atomic mass is 35.5. The third-order valence-electron chi connectivity index (χ3n) is 2.40. The van der Waals surface area contributed by atoms with Crippen LogP contribution in [0, 0.1) is 0 Å². The predicted octanol–water partition coefficient (Wildman–Crippen LogP) is 2.30. The molecule has 1 saturated carbocycles. The lowest BCUT2D eigenvalue weighted by Crippen LogP contribution is -2.22. The van der Waals surface area contributed by atoms with Gasteiger partial charge in [-0.05, 0) is 12.8 Å². The van der Waals surface area contributed by atoms with Gasteiger partial charge in [-0.25, -0.2) is 0 Å². The number of alkyl halides is 1. The SMILES string of the molecule is BC1(Cl)CCCCCCC1. The second-order valence-electron chi connectivity index (χ2n) is 3.68. The lowest BCUT2D eigenvalue weighted by atomic mass is 9.76. The summed E-state index contributed by atoms with van der Waals surface area (Å²) in [6.45, 7) is 0. The Morgan fingerprint density at radius 1 is 0.900 bits per heavy atom. The first-order valence-corrected chi connectivity index (χ1v) is 4.77. The molecular formula is C8H16BCl. The van der Waals surface area contributed by atoms with Gasteiger partial charge < -0.3 is 0 Å². The van der Waals surface area contributed by atoms with E-state index in [1.54, 1.807) is 0 Å². The van der Waals surface area contributed by atoms with Gasteiger partial charge in [0.05, 0.1) is 0 Å². The van der Waals surface area contributed by atoms with Gasteiger partial charge in [-0.2, -0.15) is 0 Å². The van der Waals surface area contributed by atoms with Crippen molar-refractivity contribution in [3.05, 3.63) is 0 Å². The molecule has 0 saturated heterocycles. The van der Waals surface area contributed by atoms with Gasteiger partial charge in [0.25, 0.3) is 0 Å². The molecule has 0 spiro atoms. The Morgan fingerprint density at radius 3 is 1.80 bits per heavy atom. The molecule has 2 heteroatoms. The van der Waals surface area contributed by atoms with Crippen LogP contribution in [0.5, 0.6) is 0 Å². The summed E-state index contributed by atoms with van der Waals surface area (Å²) >= 11 is 6.25. The number of hydrogen-bond acceptors (Lipinski definition) is 0. The van der Waals surface area contributed by atoms with E-state index >= 15 is 0 Å². The average molecular weight is 158 g/mol. The monoisotopic (exact) mass is 158 g/mol. The summed E-state index contributed by atoms with van der Waals surface area (Å²) in [5, 5.41) is 0. The largest absolute Gasteiger partial charge is 0.129 e. The van der Waals surface area contributed by atoms with Crippen molar-refractivity contribution >= 4 is 19.4 Å². The van der Waals surface area contributed by atoms with Crippen LogP contribution in [-0.4, -0.2) is 12.6 Å². The Bertz CT molecular complexity index is 91.4. The number of halogens is 1. The molecule has 0 aromatic carbocycles. The maximum absolute atomic E-state index is 6.25. The zero-order valence-corrected chi connectivity index (χ0v) is 7.58. The fourth-order valence-corrected chi connectivity index (χ4v) is 1.91. The van der Waals surface area contributed by atoms with Gasteiger partial charge in [0.2, 0.25) is 0 Å². The molecule has 1 aliphatic rings. The van der Waals surface area contributed by atoms with Crippen molar-refractivity contribution in [3.8, 4) is 0 Å². The molecule has 0 bridgehead atoms. The second kappa shape index (κ2) is 3.66. The highest BCUT2D eigenvalue weighted by molar-refractivity contribution is 6.44. The highest BCUT2D eigenvalue weighted by Crippen LogP contribution is 2.28. The molecular weight excluding hydrogens is 142 g/mol. The quantitative estimate of drug-likeness (QED) is 0.375. The first-order valence-electron chi connectivity index (χ1n) is 4.40. The van der Waals surface area contributed by atoms with Gasteiger partial charge in [-0.1, -0.05) is 32.1 Å². The molecule has 0 aliphatic heterocycles. The molecule has 0 aromatic rings. The van der Waals surface area contributed by atoms with Crippen LogP contribution >= 0.6 is 11.6 Å². The predicted molar refractivity (Wildman–Crippen MR) is 49.4 cm³/mol. The van der Waals surface area contributed by atoms with Crippen molar-refractivity contribution in [1.29, 1.82) is 0 Å². The van der Waals surface area contributed by atoms with E-state index in [1.165, 1.54) is 44.9 Å². The van der Waals surface area contributed by atoms with Gasteiger partial charge >= 0.3 is 0 Å². The van der Waals surface area contributed by atoms with Crippen LogP contribution in [0.25, 0.3) is 0 Å². The summed E-state index contributed by atoms with van der Waals surface area (Å²) in [6, 6.07) is 0. The van der Waals surface area contributed by atoms with E-state index in [9.17, 15) is 0 Å². The van der Waals surface area contributed by atoms with Crippen molar-refractivity contribution < 1.29 is 0 Å². The van der Waals surface area contributed by atoms with E-state index < -0.39 is 0 Å². The van der Waals surface area contributed by atoms with E-state index in [0.29, 0.717) is 0 Å². The lowest BCUT2D eigenvalue weighted by molar-refractivity contribution is 0.484. The van der Waals surface area contributed by atoms with Crippen LogP contribution in [0.4, 0.5) is 0 Å². The summed E-state index contributed by atoms with van der Waals surface area (Å²) in [4.78, 5) is 0. The molecule has 1 aliphatic carbocycles. The molecule has 0 heterocycles. The molecule has 58 valence electrons. The Balaban J connectivity index is 2.30. The smallest absolute Gasteiger partial charge is 0.128 e. The maximum atomic E-state index is 6.25. The lowest BCUT2D eigenvalue weighted by Gasteiger charge is -2.24. The van der Waals surface area contributed by atoms with Crippen molar-refractivity contribution in [1.82, 2.24) is 0 Å². The molecule has 1 rings (SSSR count). The van der Waals surface area contributed by atoms with E-state index in [-0.39, 0.29) is 4.77 Å². The summed E-state index contributed by atoms with van der Waals surface area (Å²) < 4.78 is 0.125. The molecule has 0 unspecified atom stereocenters. The Hall–Kier alpha value is 0.355. The second-order valence-corrected chi connectivity index (χ2v) is 4.59. The van der Waals surface area contributed by atoms with Crippen LogP contribution in [-0.2, 0) is 0 Å². The van der Waals surface area contributed by atoms with Crippen molar-refractivity contribution in [2.45, 2.75) is 49.7 Å².